The molecule has 1 aromatic carbocycles. The molecule has 1 amide bonds. The Kier molecular flexibility index (Phi) is 4.35. The van der Waals surface area contributed by atoms with Crippen LogP contribution < -0.4 is 5.73 Å². The SMILES string of the molecule is CCC(c1ccc(C(N)=O)cc1)C1(CCO)C=CC=N1. The van der Waals surface area contributed by atoms with Crippen LogP contribution in [-0.4, -0.2) is 29.4 Å². The van der Waals surface area contributed by atoms with Crippen molar-refractivity contribution in [2.24, 2.45) is 10.7 Å². The molecule has 0 bridgehead atoms. The summed E-state index contributed by atoms with van der Waals surface area (Å²) in [6, 6.07) is 7.34. The number of carbonyl (C=O) groups is 1. The van der Waals surface area contributed by atoms with Gasteiger partial charge >= 0.3 is 0 Å². The van der Waals surface area contributed by atoms with Crippen LogP contribution in [0.2, 0.25) is 0 Å². The van der Waals surface area contributed by atoms with Crippen molar-refractivity contribution in [3.63, 3.8) is 0 Å². The second-order valence-electron chi connectivity index (χ2n) is 5.05. The van der Waals surface area contributed by atoms with Crippen molar-refractivity contribution in [2.75, 3.05) is 6.61 Å². The largest absolute Gasteiger partial charge is 0.396 e. The molecular formula is C16H20N2O2. The number of carbonyl (C=O) groups excluding carboxylic acids is 1. The van der Waals surface area contributed by atoms with Crippen LogP contribution in [0.1, 0.15) is 41.6 Å². The summed E-state index contributed by atoms with van der Waals surface area (Å²) in [7, 11) is 0. The number of rotatable bonds is 6. The van der Waals surface area contributed by atoms with E-state index in [0.29, 0.717) is 12.0 Å². The van der Waals surface area contributed by atoms with Gasteiger partial charge in [0.1, 0.15) is 0 Å². The molecule has 4 heteroatoms. The number of benzene rings is 1. The Morgan fingerprint density at radius 2 is 2.10 bits per heavy atom. The first-order valence-corrected chi connectivity index (χ1v) is 6.86. The van der Waals surface area contributed by atoms with Crippen molar-refractivity contribution >= 4 is 12.1 Å². The third-order valence-corrected chi connectivity index (χ3v) is 3.91. The predicted molar refractivity (Wildman–Crippen MR) is 80.1 cm³/mol. The Bertz CT molecular complexity index is 520. The second-order valence-corrected chi connectivity index (χ2v) is 5.05. The van der Waals surface area contributed by atoms with E-state index < -0.39 is 5.91 Å². The first kappa shape index (κ1) is 14.5. The van der Waals surface area contributed by atoms with Gasteiger partial charge in [0.2, 0.25) is 5.91 Å². The molecule has 1 heterocycles. The number of aliphatic imine (C=N–C) groups is 1. The van der Waals surface area contributed by atoms with Crippen LogP contribution in [0, 0.1) is 0 Å². The molecular weight excluding hydrogens is 252 g/mol. The van der Waals surface area contributed by atoms with E-state index in [1.165, 1.54) is 0 Å². The fourth-order valence-electron chi connectivity index (χ4n) is 2.90. The van der Waals surface area contributed by atoms with Crippen LogP contribution in [0.4, 0.5) is 0 Å². The highest BCUT2D eigenvalue weighted by Crippen LogP contribution is 2.39. The van der Waals surface area contributed by atoms with Crippen LogP contribution in [0.25, 0.3) is 0 Å². The van der Waals surface area contributed by atoms with E-state index in [0.717, 1.165) is 12.0 Å². The minimum absolute atomic E-state index is 0.0948. The van der Waals surface area contributed by atoms with Gasteiger partial charge in [-0.3, -0.25) is 9.79 Å². The zero-order chi connectivity index (χ0) is 14.6. The van der Waals surface area contributed by atoms with Crippen molar-refractivity contribution < 1.29 is 9.90 Å². The normalized spacial score (nSPS) is 22.1. The minimum atomic E-state index is -0.423. The third kappa shape index (κ3) is 2.65. The summed E-state index contributed by atoms with van der Waals surface area (Å²) < 4.78 is 0. The summed E-state index contributed by atoms with van der Waals surface area (Å²) in [5.41, 5.74) is 6.50. The van der Waals surface area contributed by atoms with Crippen molar-refractivity contribution in [2.45, 2.75) is 31.2 Å². The average Bonchev–Trinajstić information content (AvgIpc) is 2.90. The Morgan fingerprint density at radius 3 is 2.55 bits per heavy atom. The first-order valence-electron chi connectivity index (χ1n) is 6.86. The lowest BCUT2D eigenvalue weighted by Gasteiger charge is -2.33. The van der Waals surface area contributed by atoms with Gasteiger partial charge in [-0.25, -0.2) is 0 Å². The molecule has 2 unspecified atom stereocenters. The number of hydrogen-bond acceptors (Lipinski definition) is 3. The van der Waals surface area contributed by atoms with Gasteiger partial charge in [0.05, 0.1) is 5.54 Å². The number of nitrogens with two attached hydrogens (primary N) is 1. The Hall–Kier alpha value is -1.94. The monoisotopic (exact) mass is 272 g/mol. The van der Waals surface area contributed by atoms with Crippen LogP contribution in [0.5, 0.6) is 0 Å². The molecule has 2 rings (SSSR count). The molecule has 1 aliphatic heterocycles. The van der Waals surface area contributed by atoms with Crippen LogP contribution >= 0.6 is 0 Å². The number of allylic oxidation sites excluding steroid dienone is 1. The fraction of sp³-hybridized carbons (Fsp3) is 0.375. The number of amides is 1. The molecule has 0 radical (unpaired) electrons. The number of primary amides is 1. The van der Waals surface area contributed by atoms with E-state index in [1.807, 2.05) is 18.2 Å². The maximum atomic E-state index is 11.1. The van der Waals surface area contributed by atoms with Crippen LogP contribution in [-0.2, 0) is 0 Å². The molecule has 3 N–H and O–H groups in total. The van der Waals surface area contributed by atoms with Crippen LogP contribution in [0.15, 0.2) is 41.4 Å². The van der Waals surface area contributed by atoms with Gasteiger partial charge in [-0.2, -0.15) is 0 Å². The first-order chi connectivity index (χ1) is 9.63. The number of aliphatic hydroxyl groups is 1. The number of hydrogen-bond donors (Lipinski definition) is 2. The third-order valence-electron chi connectivity index (χ3n) is 3.91. The summed E-state index contributed by atoms with van der Waals surface area (Å²) in [6.45, 7) is 2.20. The van der Waals surface area contributed by atoms with E-state index in [4.69, 9.17) is 5.73 Å². The molecule has 2 atom stereocenters. The van der Waals surface area contributed by atoms with E-state index >= 15 is 0 Å². The number of aliphatic hydroxyl groups excluding tert-OH is 1. The Labute approximate surface area is 119 Å². The topological polar surface area (TPSA) is 75.7 Å². The van der Waals surface area contributed by atoms with E-state index in [1.54, 1.807) is 18.3 Å². The summed E-state index contributed by atoms with van der Waals surface area (Å²) >= 11 is 0. The molecule has 0 aliphatic carbocycles. The summed E-state index contributed by atoms with van der Waals surface area (Å²) in [4.78, 5) is 15.7. The molecule has 0 aromatic heterocycles. The average molecular weight is 272 g/mol. The highest BCUT2D eigenvalue weighted by molar-refractivity contribution is 5.92. The van der Waals surface area contributed by atoms with Crippen molar-refractivity contribution in [1.29, 1.82) is 0 Å². The lowest BCUT2D eigenvalue weighted by atomic mass is 9.76. The summed E-state index contributed by atoms with van der Waals surface area (Å²) in [5, 5.41) is 9.33. The maximum Gasteiger partial charge on any atom is 0.248 e. The van der Waals surface area contributed by atoms with Crippen LogP contribution in [0.3, 0.4) is 0 Å². The van der Waals surface area contributed by atoms with Crippen molar-refractivity contribution in [3.8, 4) is 0 Å². The standard InChI is InChI=1S/C16H20N2O2/c1-2-14(16(9-11-19)8-3-10-18-16)12-4-6-13(7-5-12)15(17)20/h3-8,10,14,19H,2,9,11H2,1H3,(H2,17,20). The Balaban J connectivity index is 2.33. The molecule has 1 aromatic rings. The Morgan fingerprint density at radius 1 is 1.40 bits per heavy atom. The van der Waals surface area contributed by atoms with E-state index in [-0.39, 0.29) is 18.1 Å². The zero-order valence-electron chi connectivity index (χ0n) is 11.6. The molecule has 0 spiro atoms. The van der Waals surface area contributed by atoms with Gasteiger partial charge < -0.3 is 10.8 Å². The summed E-state index contributed by atoms with van der Waals surface area (Å²) in [6.07, 6.45) is 7.26. The molecule has 0 saturated carbocycles. The zero-order valence-corrected chi connectivity index (χ0v) is 11.6. The van der Waals surface area contributed by atoms with E-state index in [9.17, 15) is 9.90 Å². The van der Waals surface area contributed by atoms with Gasteiger partial charge in [0.15, 0.2) is 0 Å². The second kappa shape index (κ2) is 6.01. The number of nitrogens with zero attached hydrogens (tertiary/aromatic N) is 1. The molecule has 0 saturated heterocycles. The van der Waals surface area contributed by atoms with Crippen molar-refractivity contribution in [1.82, 2.24) is 0 Å². The van der Waals surface area contributed by atoms with Gasteiger partial charge in [-0.1, -0.05) is 25.1 Å². The molecule has 1 aliphatic rings. The maximum absolute atomic E-state index is 11.1. The van der Waals surface area contributed by atoms with Gasteiger partial charge in [0.25, 0.3) is 0 Å². The minimum Gasteiger partial charge on any atom is -0.396 e. The lowest BCUT2D eigenvalue weighted by Crippen LogP contribution is -2.32. The highest BCUT2D eigenvalue weighted by Gasteiger charge is 2.36. The summed E-state index contributed by atoms with van der Waals surface area (Å²) in [5.74, 6) is -0.250. The molecule has 4 nitrogen and oxygen atoms in total. The quantitative estimate of drug-likeness (QED) is 0.831. The fourth-order valence-corrected chi connectivity index (χ4v) is 2.90. The van der Waals surface area contributed by atoms with Crippen molar-refractivity contribution in [3.05, 3.63) is 47.5 Å². The lowest BCUT2D eigenvalue weighted by molar-refractivity contribution is 0.100. The predicted octanol–water partition coefficient (Wildman–Crippen LogP) is 2.04. The molecule has 106 valence electrons. The highest BCUT2D eigenvalue weighted by atomic mass is 16.3. The van der Waals surface area contributed by atoms with E-state index in [2.05, 4.69) is 18.0 Å². The van der Waals surface area contributed by atoms with Gasteiger partial charge in [0, 0.05) is 24.3 Å². The van der Waals surface area contributed by atoms with Gasteiger partial charge in [-0.05, 0) is 36.6 Å². The molecule has 0 fully saturated rings. The van der Waals surface area contributed by atoms with Gasteiger partial charge in [-0.15, -0.1) is 0 Å². The molecule has 20 heavy (non-hydrogen) atoms. The smallest absolute Gasteiger partial charge is 0.248 e.